The summed E-state index contributed by atoms with van der Waals surface area (Å²) in [6, 6.07) is 9.24. The highest BCUT2D eigenvalue weighted by atomic mass is 32.1. The zero-order valence-electron chi connectivity index (χ0n) is 17.7. The van der Waals surface area contributed by atoms with E-state index in [4.69, 9.17) is 14.2 Å². The lowest BCUT2D eigenvalue weighted by atomic mass is 10.2. The van der Waals surface area contributed by atoms with Crippen molar-refractivity contribution in [3.05, 3.63) is 57.5 Å². The number of aromatic nitrogens is 2. The van der Waals surface area contributed by atoms with Crippen LogP contribution in [0.1, 0.15) is 40.9 Å². The van der Waals surface area contributed by atoms with Gasteiger partial charge in [-0.05, 0) is 50.3 Å². The third-order valence-electron chi connectivity index (χ3n) is 5.33. The molecule has 1 saturated carbocycles. The van der Waals surface area contributed by atoms with Gasteiger partial charge in [0.1, 0.15) is 41.3 Å². The van der Waals surface area contributed by atoms with Gasteiger partial charge in [0.15, 0.2) is 0 Å². The van der Waals surface area contributed by atoms with Crippen LogP contribution in [-0.2, 0) is 20.8 Å². The number of nitrogens with zero attached hydrogens (tertiary/aromatic N) is 2. The van der Waals surface area contributed by atoms with Crippen LogP contribution in [0, 0.1) is 6.92 Å². The SMILES string of the molecule is Cc1c(C(=O)OCCOc2ccccc2)sc2ncn(CC(=O)OC3CCCC3)c(=O)c12. The van der Waals surface area contributed by atoms with Gasteiger partial charge in [-0.2, -0.15) is 0 Å². The van der Waals surface area contributed by atoms with E-state index in [-0.39, 0.29) is 31.4 Å². The summed E-state index contributed by atoms with van der Waals surface area (Å²) in [6.45, 7) is 1.77. The summed E-state index contributed by atoms with van der Waals surface area (Å²) in [6.07, 6.45) is 5.09. The molecule has 0 bridgehead atoms. The zero-order chi connectivity index (χ0) is 22.5. The molecule has 9 heteroatoms. The van der Waals surface area contributed by atoms with E-state index in [0.29, 0.717) is 26.4 Å². The third kappa shape index (κ3) is 4.99. The number of hydrogen-bond donors (Lipinski definition) is 0. The maximum atomic E-state index is 12.9. The standard InChI is InChI=1S/C23H24N2O6S/c1-15-19-21(24-14-25(22(19)27)13-18(26)31-17-9-5-6-10-17)32-20(15)23(28)30-12-11-29-16-7-3-2-4-8-16/h2-4,7-8,14,17H,5-6,9-13H2,1H3. The second-order valence-corrected chi connectivity index (χ2v) is 8.61. The van der Waals surface area contributed by atoms with Gasteiger partial charge in [-0.1, -0.05) is 18.2 Å². The normalized spacial score (nSPS) is 13.9. The number of benzene rings is 1. The van der Waals surface area contributed by atoms with E-state index in [0.717, 1.165) is 37.0 Å². The molecule has 0 saturated heterocycles. The Hall–Kier alpha value is -3.20. The minimum Gasteiger partial charge on any atom is -0.490 e. The van der Waals surface area contributed by atoms with E-state index in [2.05, 4.69) is 4.98 Å². The Balaban J connectivity index is 1.41. The molecule has 4 rings (SSSR count). The molecule has 0 radical (unpaired) electrons. The van der Waals surface area contributed by atoms with E-state index in [1.54, 1.807) is 6.92 Å². The molecular weight excluding hydrogens is 432 g/mol. The molecule has 0 unspecified atom stereocenters. The largest absolute Gasteiger partial charge is 0.490 e. The van der Waals surface area contributed by atoms with Crippen LogP contribution in [-0.4, -0.2) is 40.8 Å². The Morgan fingerprint density at radius 3 is 2.66 bits per heavy atom. The number of carbonyl (C=O) groups is 2. The van der Waals surface area contributed by atoms with E-state index < -0.39 is 11.9 Å². The molecule has 0 N–H and O–H groups in total. The number of hydrogen-bond acceptors (Lipinski definition) is 8. The molecule has 0 amide bonds. The Kier molecular flexibility index (Phi) is 6.84. The van der Waals surface area contributed by atoms with Crippen molar-refractivity contribution >= 4 is 33.5 Å². The Labute approximate surface area is 188 Å². The number of rotatable bonds is 8. The average molecular weight is 457 g/mol. The van der Waals surface area contributed by atoms with Crippen molar-refractivity contribution in [3.8, 4) is 5.75 Å². The van der Waals surface area contributed by atoms with E-state index in [9.17, 15) is 14.4 Å². The summed E-state index contributed by atoms with van der Waals surface area (Å²) in [5.74, 6) is -0.294. The van der Waals surface area contributed by atoms with Crippen LogP contribution in [0.3, 0.4) is 0 Å². The maximum Gasteiger partial charge on any atom is 0.348 e. The van der Waals surface area contributed by atoms with E-state index >= 15 is 0 Å². The third-order valence-corrected chi connectivity index (χ3v) is 6.51. The number of carbonyl (C=O) groups excluding carboxylic acids is 2. The van der Waals surface area contributed by atoms with Crippen molar-refractivity contribution in [2.24, 2.45) is 0 Å². The van der Waals surface area contributed by atoms with Crippen LogP contribution in [0.15, 0.2) is 41.5 Å². The van der Waals surface area contributed by atoms with Crippen LogP contribution in [0.5, 0.6) is 5.75 Å². The van der Waals surface area contributed by atoms with Crippen molar-refractivity contribution in [2.75, 3.05) is 13.2 Å². The zero-order valence-corrected chi connectivity index (χ0v) is 18.6. The second-order valence-electron chi connectivity index (χ2n) is 7.61. The van der Waals surface area contributed by atoms with Gasteiger partial charge in [0, 0.05) is 0 Å². The van der Waals surface area contributed by atoms with Crippen LogP contribution >= 0.6 is 11.3 Å². The monoisotopic (exact) mass is 456 g/mol. The first-order chi connectivity index (χ1) is 15.5. The van der Waals surface area contributed by atoms with Crippen molar-refractivity contribution in [1.82, 2.24) is 9.55 Å². The number of ether oxygens (including phenoxy) is 3. The summed E-state index contributed by atoms with van der Waals surface area (Å²) in [7, 11) is 0. The fourth-order valence-electron chi connectivity index (χ4n) is 3.71. The number of para-hydroxylation sites is 1. The van der Waals surface area contributed by atoms with Crippen molar-refractivity contribution in [1.29, 1.82) is 0 Å². The number of fused-ring (bicyclic) bond motifs is 1. The van der Waals surface area contributed by atoms with Gasteiger partial charge in [-0.15, -0.1) is 11.3 Å². The summed E-state index contributed by atoms with van der Waals surface area (Å²) in [5, 5.41) is 0.318. The highest BCUT2D eigenvalue weighted by Gasteiger charge is 2.23. The Morgan fingerprint density at radius 2 is 1.91 bits per heavy atom. The molecule has 1 aliphatic rings. The first kappa shape index (κ1) is 22.0. The molecule has 0 aliphatic heterocycles. The topological polar surface area (TPSA) is 96.7 Å². The van der Waals surface area contributed by atoms with Gasteiger partial charge in [0.05, 0.1) is 11.7 Å². The first-order valence-electron chi connectivity index (χ1n) is 10.6. The minimum atomic E-state index is -0.534. The summed E-state index contributed by atoms with van der Waals surface area (Å²) >= 11 is 1.10. The smallest absolute Gasteiger partial charge is 0.348 e. The van der Waals surface area contributed by atoms with Gasteiger partial charge in [0.2, 0.25) is 0 Å². The molecule has 32 heavy (non-hydrogen) atoms. The lowest BCUT2D eigenvalue weighted by Crippen LogP contribution is -2.27. The molecular formula is C23H24N2O6S. The molecule has 2 heterocycles. The molecule has 3 aromatic rings. The lowest BCUT2D eigenvalue weighted by molar-refractivity contribution is -0.149. The minimum absolute atomic E-state index is 0.0648. The maximum absolute atomic E-state index is 12.9. The molecule has 0 spiro atoms. The van der Waals surface area contributed by atoms with Crippen molar-refractivity contribution < 1.29 is 23.8 Å². The molecule has 1 aromatic carbocycles. The van der Waals surface area contributed by atoms with E-state index in [1.165, 1.54) is 10.9 Å². The number of thiophene rings is 1. The van der Waals surface area contributed by atoms with Gasteiger partial charge < -0.3 is 14.2 Å². The number of esters is 2. The predicted molar refractivity (Wildman–Crippen MR) is 119 cm³/mol. The average Bonchev–Trinajstić information content (AvgIpc) is 3.42. The molecule has 1 fully saturated rings. The first-order valence-corrected chi connectivity index (χ1v) is 11.4. The van der Waals surface area contributed by atoms with Gasteiger partial charge >= 0.3 is 11.9 Å². The fraction of sp³-hybridized carbons (Fsp3) is 0.391. The fourth-order valence-corrected chi connectivity index (χ4v) is 4.74. The van der Waals surface area contributed by atoms with Crippen LogP contribution < -0.4 is 10.3 Å². The summed E-state index contributed by atoms with van der Waals surface area (Å²) < 4.78 is 17.5. The highest BCUT2D eigenvalue weighted by Crippen LogP contribution is 2.27. The van der Waals surface area contributed by atoms with Crippen LogP contribution in [0.4, 0.5) is 0 Å². The van der Waals surface area contributed by atoms with Crippen LogP contribution in [0.25, 0.3) is 10.2 Å². The Morgan fingerprint density at radius 1 is 1.16 bits per heavy atom. The molecule has 2 aromatic heterocycles. The molecule has 0 atom stereocenters. The second kappa shape index (κ2) is 9.95. The van der Waals surface area contributed by atoms with E-state index in [1.807, 2.05) is 30.3 Å². The van der Waals surface area contributed by atoms with Crippen molar-refractivity contribution in [3.63, 3.8) is 0 Å². The van der Waals surface area contributed by atoms with Gasteiger partial charge in [-0.25, -0.2) is 9.78 Å². The number of aryl methyl sites for hydroxylation is 1. The van der Waals surface area contributed by atoms with Gasteiger partial charge in [0.25, 0.3) is 5.56 Å². The highest BCUT2D eigenvalue weighted by molar-refractivity contribution is 7.20. The quantitative estimate of drug-likeness (QED) is 0.378. The molecule has 168 valence electrons. The van der Waals surface area contributed by atoms with Gasteiger partial charge in [-0.3, -0.25) is 14.2 Å². The Bertz CT molecular complexity index is 1160. The summed E-state index contributed by atoms with van der Waals surface area (Å²) in [4.78, 5) is 42.7. The molecule has 8 nitrogen and oxygen atoms in total. The summed E-state index contributed by atoms with van der Waals surface area (Å²) in [5.41, 5.74) is 0.119. The predicted octanol–water partition coefficient (Wildman–Crippen LogP) is 3.49. The molecule has 1 aliphatic carbocycles. The van der Waals surface area contributed by atoms with Crippen LogP contribution in [0.2, 0.25) is 0 Å². The van der Waals surface area contributed by atoms with Crippen molar-refractivity contribution in [2.45, 2.75) is 45.3 Å². The lowest BCUT2D eigenvalue weighted by Gasteiger charge is -2.12.